The van der Waals surface area contributed by atoms with Gasteiger partial charge in [0.05, 0.1) is 5.69 Å². The molecule has 7 aromatic rings. The van der Waals surface area contributed by atoms with E-state index in [1.807, 2.05) is 12.1 Å². The molecule has 0 spiro atoms. The quantitative estimate of drug-likeness (QED) is 0.240. The van der Waals surface area contributed by atoms with E-state index in [2.05, 4.69) is 144 Å². The second-order valence-corrected chi connectivity index (χ2v) is 9.38. The minimum Gasteiger partial charge on any atom is -0.456 e. The van der Waals surface area contributed by atoms with Gasteiger partial charge >= 0.3 is 0 Å². The molecular weight excluding hydrogens is 462 g/mol. The maximum Gasteiger partial charge on any atom is 0.136 e. The zero-order valence-corrected chi connectivity index (χ0v) is 20.8. The third kappa shape index (κ3) is 3.84. The van der Waals surface area contributed by atoms with E-state index < -0.39 is 0 Å². The normalized spacial score (nSPS) is 11.2. The maximum absolute atomic E-state index is 6.36. The van der Waals surface area contributed by atoms with E-state index >= 15 is 0 Å². The molecule has 7 rings (SSSR count). The van der Waals surface area contributed by atoms with E-state index in [0.717, 1.165) is 50.1 Å². The summed E-state index contributed by atoms with van der Waals surface area (Å²) in [6.07, 6.45) is 0. The maximum atomic E-state index is 6.36. The number of fused-ring (bicyclic) bond motifs is 3. The monoisotopic (exact) mass is 487 g/mol. The topological polar surface area (TPSA) is 16.4 Å². The number of nitrogens with zero attached hydrogens (tertiary/aromatic N) is 1. The van der Waals surface area contributed by atoms with Gasteiger partial charge in [-0.15, -0.1) is 0 Å². The molecule has 0 N–H and O–H groups in total. The van der Waals surface area contributed by atoms with Gasteiger partial charge in [-0.05, 0) is 65.2 Å². The average Bonchev–Trinajstić information content (AvgIpc) is 3.38. The van der Waals surface area contributed by atoms with Crippen LogP contribution < -0.4 is 4.90 Å². The van der Waals surface area contributed by atoms with Crippen molar-refractivity contribution in [1.82, 2.24) is 0 Å². The van der Waals surface area contributed by atoms with Gasteiger partial charge in [-0.1, -0.05) is 103 Å². The number of hydrogen-bond donors (Lipinski definition) is 0. The Morgan fingerprint density at radius 3 is 1.71 bits per heavy atom. The van der Waals surface area contributed by atoms with Crippen molar-refractivity contribution in [3.8, 4) is 22.3 Å². The summed E-state index contributed by atoms with van der Waals surface area (Å²) in [4.78, 5) is 2.34. The molecule has 0 radical (unpaired) electrons. The molecule has 0 aliphatic rings. The average molecular weight is 488 g/mol. The first kappa shape index (κ1) is 22.1. The van der Waals surface area contributed by atoms with Gasteiger partial charge in [0, 0.05) is 27.7 Å². The van der Waals surface area contributed by atoms with E-state index in [1.54, 1.807) is 0 Å². The van der Waals surface area contributed by atoms with Crippen LogP contribution in [-0.4, -0.2) is 0 Å². The molecule has 6 aromatic carbocycles. The van der Waals surface area contributed by atoms with Crippen molar-refractivity contribution in [2.24, 2.45) is 0 Å². The number of furan rings is 1. The van der Waals surface area contributed by atoms with Crippen LogP contribution in [0.15, 0.2) is 156 Å². The summed E-state index contributed by atoms with van der Waals surface area (Å²) in [6, 6.07) is 53.1. The van der Waals surface area contributed by atoms with Crippen LogP contribution in [-0.2, 0) is 0 Å². The van der Waals surface area contributed by atoms with Crippen molar-refractivity contribution >= 4 is 39.0 Å². The van der Waals surface area contributed by atoms with Crippen LogP contribution in [0.2, 0.25) is 0 Å². The third-order valence-corrected chi connectivity index (χ3v) is 7.05. The molecule has 0 bridgehead atoms. The van der Waals surface area contributed by atoms with Crippen molar-refractivity contribution in [3.05, 3.63) is 152 Å². The van der Waals surface area contributed by atoms with Gasteiger partial charge in [0.2, 0.25) is 0 Å². The fraction of sp³-hybridized carbons (Fsp3) is 0. The Morgan fingerprint density at radius 1 is 0.421 bits per heavy atom. The lowest BCUT2D eigenvalue weighted by atomic mass is 9.93. The first-order valence-corrected chi connectivity index (χ1v) is 12.9. The Morgan fingerprint density at radius 2 is 1.00 bits per heavy atom. The Bertz CT molecular complexity index is 1820. The number of para-hydroxylation sites is 3. The molecule has 38 heavy (non-hydrogen) atoms. The second-order valence-electron chi connectivity index (χ2n) is 9.38. The molecule has 0 saturated carbocycles. The van der Waals surface area contributed by atoms with Crippen molar-refractivity contribution in [2.75, 3.05) is 4.90 Å². The Hall–Kier alpha value is -5.08. The predicted molar refractivity (Wildman–Crippen MR) is 159 cm³/mol. The van der Waals surface area contributed by atoms with Crippen LogP contribution in [0.25, 0.3) is 44.2 Å². The molecule has 0 aliphatic carbocycles. The molecule has 2 nitrogen and oxygen atoms in total. The molecule has 0 atom stereocenters. The van der Waals surface area contributed by atoms with E-state index in [0.29, 0.717) is 0 Å². The van der Waals surface area contributed by atoms with Crippen LogP contribution in [0, 0.1) is 0 Å². The number of hydrogen-bond acceptors (Lipinski definition) is 2. The highest BCUT2D eigenvalue weighted by molar-refractivity contribution is 6.16. The lowest BCUT2D eigenvalue weighted by Crippen LogP contribution is -2.11. The van der Waals surface area contributed by atoms with Gasteiger partial charge in [0.25, 0.3) is 0 Å². The van der Waals surface area contributed by atoms with Gasteiger partial charge in [-0.2, -0.15) is 0 Å². The largest absolute Gasteiger partial charge is 0.456 e. The minimum atomic E-state index is 0.885. The molecule has 0 aliphatic heterocycles. The van der Waals surface area contributed by atoms with E-state index in [-0.39, 0.29) is 0 Å². The van der Waals surface area contributed by atoms with Gasteiger partial charge in [0.1, 0.15) is 11.2 Å². The first-order chi connectivity index (χ1) is 18.9. The Labute approximate surface area is 222 Å². The highest BCUT2D eigenvalue weighted by atomic mass is 16.3. The van der Waals surface area contributed by atoms with Crippen molar-refractivity contribution < 1.29 is 4.42 Å². The highest BCUT2D eigenvalue weighted by Gasteiger charge is 2.22. The van der Waals surface area contributed by atoms with Crippen LogP contribution in [0.5, 0.6) is 0 Å². The van der Waals surface area contributed by atoms with Crippen LogP contribution >= 0.6 is 0 Å². The lowest BCUT2D eigenvalue weighted by Gasteiger charge is -2.28. The van der Waals surface area contributed by atoms with E-state index in [4.69, 9.17) is 4.42 Å². The number of anilines is 3. The van der Waals surface area contributed by atoms with Crippen LogP contribution in [0.3, 0.4) is 0 Å². The summed E-state index contributed by atoms with van der Waals surface area (Å²) >= 11 is 0. The summed E-state index contributed by atoms with van der Waals surface area (Å²) in [6.45, 7) is 0. The molecule has 1 aromatic heterocycles. The van der Waals surface area contributed by atoms with E-state index in [1.165, 1.54) is 11.1 Å². The third-order valence-electron chi connectivity index (χ3n) is 7.05. The summed E-state index contributed by atoms with van der Waals surface area (Å²) in [5, 5.41) is 2.24. The zero-order chi connectivity index (χ0) is 25.3. The van der Waals surface area contributed by atoms with E-state index in [9.17, 15) is 0 Å². The summed E-state index contributed by atoms with van der Waals surface area (Å²) < 4.78 is 6.36. The fourth-order valence-electron chi connectivity index (χ4n) is 5.35. The van der Waals surface area contributed by atoms with Crippen LogP contribution in [0.1, 0.15) is 0 Å². The zero-order valence-electron chi connectivity index (χ0n) is 20.8. The number of rotatable bonds is 5. The Kier molecular flexibility index (Phi) is 5.49. The summed E-state index contributed by atoms with van der Waals surface area (Å²) in [5.74, 6) is 0. The predicted octanol–water partition coefficient (Wildman–Crippen LogP) is 10.4. The molecule has 2 heteroatoms. The standard InChI is InChI=1S/C36H25NO/c1-4-13-26(14-5-1)27-15-12-16-28(25-27)35-32(23-24-34-36(35)31-21-10-11-22-33(31)38-34)37(29-17-6-2-7-18-29)30-19-8-3-9-20-30/h1-25H. The smallest absolute Gasteiger partial charge is 0.136 e. The first-order valence-electron chi connectivity index (χ1n) is 12.9. The lowest BCUT2D eigenvalue weighted by molar-refractivity contribution is 0.669. The molecule has 0 amide bonds. The highest BCUT2D eigenvalue weighted by Crippen LogP contribution is 2.47. The molecular formula is C36H25NO. The van der Waals surface area contributed by atoms with Crippen molar-refractivity contribution in [3.63, 3.8) is 0 Å². The molecule has 180 valence electrons. The van der Waals surface area contributed by atoms with Crippen molar-refractivity contribution in [1.29, 1.82) is 0 Å². The second kappa shape index (κ2) is 9.42. The summed E-state index contributed by atoms with van der Waals surface area (Å²) in [7, 11) is 0. The fourth-order valence-corrected chi connectivity index (χ4v) is 5.35. The molecule has 0 unspecified atom stereocenters. The molecule has 1 heterocycles. The minimum absolute atomic E-state index is 0.885. The summed E-state index contributed by atoms with van der Waals surface area (Å²) in [5.41, 5.74) is 9.77. The van der Waals surface area contributed by atoms with Gasteiger partial charge < -0.3 is 9.32 Å². The molecule has 0 fully saturated rings. The van der Waals surface area contributed by atoms with Crippen molar-refractivity contribution in [2.45, 2.75) is 0 Å². The SMILES string of the molecule is c1ccc(-c2cccc(-c3c(N(c4ccccc4)c4ccccc4)ccc4oc5ccccc5c34)c2)cc1. The Balaban J connectivity index is 1.57. The van der Waals surface area contributed by atoms with Gasteiger partial charge in [-0.3, -0.25) is 0 Å². The van der Waals surface area contributed by atoms with Crippen LogP contribution in [0.4, 0.5) is 17.1 Å². The van der Waals surface area contributed by atoms with Gasteiger partial charge in [0.15, 0.2) is 0 Å². The molecule has 0 saturated heterocycles. The van der Waals surface area contributed by atoms with Gasteiger partial charge in [-0.25, -0.2) is 0 Å². The number of benzene rings is 6.